The molecule has 0 bridgehead atoms. The van der Waals surface area contributed by atoms with Gasteiger partial charge in [0.15, 0.2) is 0 Å². The first-order chi connectivity index (χ1) is 7.66. The number of phenols is 1. The van der Waals surface area contributed by atoms with Crippen LogP contribution in [0, 0.1) is 6.92 Å². The fourth-order valence-corrected chi connectivity index (χ4v) is 1.88. The summed E-state index contributed by atoms with van der Waals surface area (Å²) in [7, 11) is 0. The fraction of sp³-hybridized carbons (Fsp3) is 0.417. The van der Waals surface area contributed by atoms with Gasteiger partial charge >= 0.3 is 0 Å². The van der Waals surface area contributed by atoms with E-state index in [2.05, 4.69) is 10.6 Å². The summed E-state index contributed by atoms with van der Waals surface area (Å²) in [5.74, 6) is 0.0374. The van der Waals surface area contributed by atoms with Gasteiger partial charge < -0.3 is 15.7 Å². The van der Waals surface area contributed by atoms with E-state index in [4.69, 9.17) is 0 Å². The van der Waals surface area contributed by atoms with E-state index in [1.54, 1.807) is 18.2 Å². The van der Waals surface area contributed by atoms with Gasteiger partial charge in [0, 0.05) is 0 Å². The molecular weight excluding hydrogens is 240 g/mol. The normalized spacial score (nSPS) is 18.5. The number of aryl methyl sites for hydroxylation is 1. The molecule has 0 aliphatic carbocycles. The van der Waals surface area contributed by atoms with E-state index in [-0.39, 0.29) is 30.1 Å². The summed E-state index contributed by atoms with van der Waals surface area (Å²) in [5, 5.41) is 15.5. The van der Waals surface area contributed by atoms with Gasteiger partial charge in [0.2, 0.25) is 5.91 Å². The molecule has 0 saturated carbocycles. The van der Waals surface area contributed by atoms with Crippen LogP contribution in [0.3, 0.4) is 0 Å². The largest absolute Gasteiger partial charge is 0.506 e. The van der Waals surface area contributed by atoms with Crippen molar-refractivity contribution in [3.8, 4) is 5.75 Å². The second-order valence-electron chi connectivity index (χ2n) is 4.16. The molecule has 17 heavy (non-hydrogen) atoms. The standard InChI is InChI=1S/C12H16N2O2.ClH/c1-8-4-5-11(15)10(7-8)14-12(16)9-3-2-6-13-9;/h4-5,7,9,13,15H,2-3,6H2,1H3,(H,14,16);1H/t9-;/m0./s1. The summed E-state index contributed by atoms with van der Waals surface area (Å²) in [6.45, 7) is 2.81. The van der Waals surface area contributed by atoms with Gasteiger partial charge in [0.1, 0.15) is 5.75 Å². The Morgan fingerprint density at radius 3 is 2.94 bits per heavy atom. The number of carbonyl (C=O) groups is 1. The summed E-state index contributed by atoms with van der Waals surface area (Å²) >= 11 is 0. The van der Waals surface area contributed by atoms with Crippen molar-refractivity contribution in [3.05, 3.63) is 23.8 Å². The van der Waals surface area contributed by atoms with E-state index in [1.807, 2.05) is 6.92 Å². The van der Waals surface area contributed by atoms with E-state index in [0.717, 1.165) is 24.9 Å². The molecule has 4 nitrogen and oxygen atoms in total. The first-order valence-corrected chi connectivity index (χ1v) is 5.50. The van der Waals surface area contributed by atoms with E-state index >= 15 is 0 Å². The summed E-state index contributed by atoms with van der Waals surface area (Å²) in [5.41, 5.74) is 1.49. The molecule has 5 heteroatoms. The van der Waals surface area contributed by atoms with Gasteiger partial charge in [0.05, 0.1) is 11.7 Å². The molecular formula is C12H17ClN2O2. The first-order valence-electron chi connectivity index (χ1n) is 5.50. The predicted octanol–water partition coefficient (Wildman–Crippen LogP) is 1.81. The van der Waals surface area contributed by atoms with E-state index in [9.17, 15) is 9.90 Å². The van der Waals surface area contributed by atoms with Crippen LogP contribution >= 0.6 is 12.4 Å². The molecule has 1 aromatic carbocycles. The molecule has 1 aromatic rings. The minimum absolute atomic E-state index is 0. The summed E-state index contributed by atoms with van der Waals surface area (Å²) < 4.78 is 0. The van der Waals surface area contributed by atoms with Crippen LogP contribution in [0.15, 0.2) is 18.2 Å². The molecule has 0 unspecified atom stereocenters. The Labute approximate surface area is 107 Å². The number of rotatable bonds is 2. The molecule has 1 aliphatic rings. The zero-order chi connectivity index (χ0) is 11.5. The molecule has 1 heterocycles. The predicted molar refractivity (Wildman–Crippen MR) is 69.7 cm³/mol. The van der Waals surface area contributed by atoms with Gasteiger partial charge in [-0.25, -0.2) is 0 Å². The highest BCUT2D eigenvalue weighted by Crippen LogP contribution is 2.24. The Hall–Kier alpha value is -1.26. The second kappa shape index (κ2) is 5.89. The van der Waals surface area contributed by atoms with Crippen LogP contribution in [0.2, 0.25) is 0 Å². The summed E-state index contributed by atoms with van der Waals surface area (Å²) in [6, 6.07) is 5.04. The van der Waals surface area contributed by atoms with Gasteiger partial charge in [-0.3, -0.25) is 4.79 Å². The lowest BCUT2D eigenvalue weighted by Gasteiger charge is -2.12. The number of hydrogen-bond donors (Lipinski definition) is 3. The van der Waals surface area contributed by atoms with Gasteiger partial charge in [-0.05, 0) is 44.0 Å². The maximum Gasteiger partial charge on any atom is 0.241 e. The molecule has 0 radical (unpaired) electrons. The van der Waals surface area contributed by atoms with Crippen molar-refractivity contribution in [2.24, 2.45) is 0 Å². The van der Waals surface area contributed by atoms with E-state index in [0.29, 0.717) is 5.69 Å². The molecule has 94 valence electrons. The Morgan fingerprint density at radius 2 is 2.29 bits per heavy atom. The third kappa shape index (κ3) is 3.35. The second-order valence-corrected chi connectivity index (χ2v) is 4.16. The van der Waals surface area contributed by atoms with Crippen molar-refractivity contribution in [1.82, 2.24) is 5.32 Å². The zero-order valence-corrected chi connectivity index (χ0v) is 10.5. The SMILES string of the molecule is Cc1ccc(O)c(NC(=O)[C@@H]2CCCN2)c1.Cl. The smallest absolute Gasteiger partial charge is 0.241 e. The van der Waals surface area contributed by atoms with Gasteiger partial charge in [-0.15, -0.1) is 12.4 Å². The maximum absolute atomic E-state index is 11.8. The van der Waals surface area contributed by atoms with Gasteiger partial charge in [0.25, 0.3) is 0 Å². The number of phenolic OH excluding ortho intramolecular Hbond substituents is 1. The van der Waals surface area contributed by atoms with E-state index < -0.39 is 0 Å². The number of anilines is 1. The molecule has 3 N–H and O–H groups in total. The molecule has 1 saturated heterocycles. The van der Waals surface area contributed by atoms with Crippen LogP contribution in [0.1, 0.15) is 18.4 Å². The monoisotopic (exact) mass is 256 g/mol. The quantitative estimate of drug-likeness (QED) is 0.708. The van der Waals surface area contributed by atoms with Crippen molar-refractivity contribution in [2.75, 3.05) is 11.9 Å². The van der Waals surface area contributed by atoms with E-state index in [1.165, 1.54) is 0 Å². The molecule has 1 amide bonds. The average Bonchev–Trinajstić information content (AvgIpc) is 2.76. The molecule has 1 atom stereocenters. The third-order valence-corrected chi connectivity index (χ3v) is 2.79. The van der Waals surface area contributed by atoms with Gasteiger partial charge in [-0.1, -0.05) is 6.07 Å². The first kappa shape index (κ1) is 13.8. The van der Waals surface area contributed by atoms with Crippen LogP contribution in [-0.4, -0.2) is 23.6 Å². The Kier molecular flexibility index (Phi) is 4.78. The fourth-order valence-electron chi connectivity index (χ4n) is 1.88. The summed E-state index contributed by atoms with van der Waals surface area (Å²) in [4.78, 5) is 11.8. The highest BCUT2D eigenvalue weighted by atomic mass is 35.5. The van der Waals surface area contributed by atoms with Crippen LogP contribution in [0.25, 0.3) is 0 Å². The lowest BCUT2D eigenvalue weighted by atomic mass is 10.2. The number of aromatic hydroxyl groups is 1. The number of halogens is 1. The van der Waals surface area contributed by atoms with Crippen molar-refractivity contribution in [2.45, 2.75) is 25.8 Å². The Morgan fingerprint density at radius 1 is 1.53 bits per heavy atom. The van der Waals surface area contributed by atoms with Crippen molar-refractivity contribution in [1.29, 1.82) is 0 Å². The highest BCUT2D eigenvalue weighted by molar-refractivity contribution is 5.96. The lowest BCUT2D eigenvalue weighted by molar-refractivity contribution is -0.117. The van der Waals surface area contributed by atoms with Crippen LogP contribution in [-0.2, 0) is 4.79 Å². The van der Waals surface area contributed by atoms with Crippen molar-refractivity contribution < 1.29 is 9.90 Å². The van der Waals surface area contributed by atoms with Crippen LogP contribution < -0.4 is 10.6 Å². The lowest BCUT2D eigenvalue weighted by Crippen LogP contribution is -2.35. The number of hydrogen-bond acceptors (Lipinski definition) is 3. The van der Waals surface area contributed by atoms with Gasteiger partial charge in [-0.2, -0.15) is 0 Å². The summed E-state index contributed by atoms with van der Waals surface area (Å²) in [6.07, 6.45) is 1.89. The third-order valence-electron chi connectivity index (χ3n) is 2.79. The minimum Gasteiger partial charge on any atom is -0.506 e. The van der Waals surface area contributed by atoms with Crippen LogP contribution in [0.4, 0.5) is 5.69 Å². The van der Waals surface area contributed by atoms with Crippen molar-refractivity contribution >= 4 is 24.0 Å². The molecule has 0 spiro atoms. The number of nitrogens with one attached hydrogen (secondary N) is 2. The Bertz CT molecular complexity index is 403. The number of carbonyl (C=O) groups excluding carboxylic acids is 1. The molecule has 1 fully saturated rings. The maximum atomic E-state index is 11.8. The molecule has 1 aliphatic heterocycles. The average molecular weight is 257 g/mol. The molecule has 0 aromatic heterocycles. The Balaban J connectivity index is 0.00000144. The number of benzene rings is 1. The zero-order valence-electron chi connectivity index (χ0n) is 9.69. The highest BCUT2D eigenvalue weighted by Gasteiger charge is 2.22. The van der Waals surface area contributed by atoms with Crippen LogP contribution in [0.5, 0.6) is 5.75 Å². The topological polar surface area (TPSA) is 61.4 Å². The minimum atomic E-state index is -0.125. The molecule has 2 rings (SSSR count). The van der Waals surface area contributed by atoms with Crippen molar-refractivity contribution in [3.63, 3.8) is 0 Å². The number of amides is 1.